The monoisotopic (exact) mass is 162 g/mol. The smallest absolute Gasteiger partial charge is 0.361 e. The van der Waals surface area contributed by atoms with E-state index in [9.17, 15) is 9.59 Å². The fourth-order valence-electron chi connectivity index (χ4n) is 0.551. The van der Waals surface area contributed by atoms with Crippen molar-refractivity contribution in [1.29, 1.82) is 0 Å². The van der Waals surface area contributed by atoms with Crippen molar-refractivity contribution in [3.05, 3.63) is 0 Å². The van der Waals surface area contributed by atoms with Gasteiger partial charge in [0.2, 0.25) is 4.93 Å². The highest BCUT2D eigenvalue weighted by Gasteiger charge is 2.39. The van der Waals surface area contributed by atoms with Gasteiger partial charge in [-0.15, -0.1) is 12.6 Å². The zero-order valence-electron chi connectivity index (χ0n) is 5.29. The normalized spacial score (nSPS) is 33.0. The van der Waals surface area contributed by atoms with Crippen molar-refractivity contribution >= 4 is 24.6 Å². The largest absolute Gasteiger partial charge is 0.450 e. The molecule has 0 saturated carbocycles. The molecule has 1 unspecified atom stereocenters. The van der Waals surface area contributed by atoms with Crippen LogP contribution in [0.15, 0.2) is 0 Å². The van der Waals surface area contributed by atoms with Gasteiger partial charge >= 0.3 is 11.9 Å². The lowest BCUT2D eigenvalue weighted by Crippen LogP contribution is -2.43. The summed E-state index contributed by atoms with van der Waals surface area (Å²) in [6.45, 7) is 1.05. The van der Waals surface area contributed by atoms with E-state index in [1.165, 1.54) is 6.92 Å². The van der Waals surface area contributed by atoms with Crippen LogP contribution in [0.25, 0.3) is 0 Å². The molecule has 4 nitrogen and oxygen atoms in total. The SMILES string of the molecule is CC1(S)OC(=O)COC1=O. The second-order valence-electron chi connectivity index (χ2n) is 2.03. The Kier molecular flexibility index (Phi) is 1.60. The Balaban J connectivity index is 2.73. The minimum Gasteiger partial charge on any atom is -0.450 e. The summed E-state index contributed by atoms with van der Waals surface area (Å²) in [7, 11) is 0. The number of hydrogen-bond acceptors (Lipinski definition) is 5. The lowest BCUT2D eigenvalue weighted by atomic mass is 10.4. The molecule has 0 aromatic carbocycles. The molecule has 0 amide bonds. The van der Waals surface area contributed by atoms with E-state index >= 15 is 0 Å². The molecule has 0 aromatic heterocycles. The van der Waals surface area contributed by atoms with Gasteiger partial charge in [-0.05, 0) is 6.92 Å². The van der Waals surface area contributed by atoms with E-state index in [2.05, 4.69) is 22.1 Å². The maximum Gasteiger partial charge on any atom is 0.361 e. The van der Waals surface area contributed by atoms with Gasteiger partial charge in [0.15, 0.2) is 6.61 Å². The van der Waals surface area contributed by atoms with Gasteiger partial charge < -0.3 is 9.47 Å². The molecule has 1 aliphatic heterocycles. The van der Waals surface area contributed by atoms with Crippen LogP contribution in [0.4, 0.5) is 0 Å². The summed E-state index contributed by atoms with van der Waals surface area (Å²) in [4.78, 5) is 19.8. The van der Waals surface area contributed by atoms with Crippen molar-refractivity contribution in [3.63, 3.8) is 0 Å². The number of carbonyl (C=O) groups is 2. The van der Waals surface area contributed by atoms with Crippen molar-refractivity contribution in [2.24, 2.45) is 0 Å². The van der Waals surface area contributed by atoms with Crippen LogP contribution in [0.2, 0.25) is 0 Å². The first-order chi connectivity index (χ1) is 4.52. The zero-order chi connectivity index (χ0) is 7.78. The van der Waals surface area contributed by atoms with E-state index in [1.54, 1.807) is 0 Å². The number of rotatable bonds is 0. The topological polar surface area (TPSA) is 52.6 Å². The third kappa shape index (κ3) is 1.23. The zero-order valence-corrected chi connectivity index (χ0v) is 6.18. The van der Waals surface area contributed by atoms with Gasteiger partial charge in [-0.2, -0.15) is 0 Å². The summed E-state index contributed by atoms with van der Waals surface area (Å²) in [6.07, 6.45) is 0. The third-order valence-corrected chi connectivity index (χ3v) is 1.29. The second-order valence-corrected chi connectivity index (χ2v) is 2.89. The Labute approximate surface area is 62.9 Å². The fourth-order valence-corrected chi connectivity index (χ4v) is 0.718. The Morgan fingerprint density at radius 3 is 2.60 bits per heavy atom. The van der Waals surface area contributed by atoms with Gasteiger partial charge in [0.1, 0.15) is 0 Å². The van der Waals surface area contributed by atoms with Crippen LogP contribution in [-0.2, 0) is 19.1 Å². The molecule has 0 spiro atoms. The number of carbonyl (C=O) groups excluding carboxylic acids is 2. The first-order valence-electron chi connectivity index (χ1n) is 2.64. The average Bonchev–Trinajstić information content (AvgIpc) is 1.78. The van der Waals surface area contributed by atoms with Gasteiger partial charge in [0, 0.05) is 0 Å². The van der Waals surface area contributed by atoms with E-state index in [-0.39, 0.29) is 6.61 Å². The van der Waals surface area contributed by atoms with Crippen molar-refractivity contribution < 1.29 is 19.1 Å². The highest BCUT2D eigenvalue weighted by atomic mass is 32.1. The standard InChI is InChI=1S/C5H6O4S/c1-5(10)4(7)8-2-3(6)9-5/h10H,2H2,1H3. The van der Waals surface area contributed by atoms with E-state index in [0.717, 1.165) is 0 Å². The minimum absolute atomic E-state index is 0.311. The molecule has 0 aliphatic carbocycles. The number of esters is 2. The maximum absolute atomic E-state index is 10.7. The van der Waals surface area contributed by atoms with Gasteiger partial charge in [0.25, 0.3) is 0 Å². The van der Waals surface area contributed by atoms with E-state index in [4.69, 9.17) is 0 Å². The summed E-state index contributed by atoms with van der Waals surface area (Å²) in [5.41, 5.74) is 0. The molecular formula is C5H6O4S. The molecule has 0 aromatic rings. The molecule has 1 heterocycles. The average molecular weight is 162 g/mol. The molecule has 1 rings (SSSR count). The van der Waals surface area contributed by atoms with Crippen LogP contribution < -0.4 is 0 Å². The lowest BCUT2D eigenvalue weighted by molar-refractivity contribution is -0.186. The molecule has 1 atom stereocenters. The van der Waals surface area contributed by atoms with Gasteiger partial charge in [-0.25, -0.2) is 9.59 Å². The van der Waals surface area contributed by atoms with Crippen LogP contribution in [0.1, 0.15) is 6.92 Å². The van der Waals surface area contributed by atoms with Crippen LogP contribution in [0.5, 0.6) is 0 Å². The first kappa shape index (κ1) is 7.40. The summed E-state index contributed by atoms with van der Waals surface area (Å²) in [6, 6.07) is 0. The number of ether oxygens (including phenoxy) is 2. The van der Waals surface area contributed by atoms with Crippen molar-refractivity contribution in [3.8, 4) is 0 Å². The summed E-state index contributed by atoms with van der Waals surface area (Å²) >= 11 is 3.75. The molecule has 1 fully saturated rings. The number of hydrogen-bond donors (Lipinski definition) is 1. The van der Waals surface area contributed by atoms with Crippen molar-refractivity contribution in [2.45, 2.75) is 11.9 Å². The Morgan fingerprint density at radius 2 is 2.20 bits per heavy atom. The predicted molar refractivity (Wildman–Crippen MR) is 34.4 cm³/mol. The van der Waals surface area contributed by atoms with Crippen LogP contribution in [0, 0.1) is 0 Å². The lowest BCUT2D eigenvalue weighted by Gasteiger charge is -2.25. The Morgan fingerprint density at radius 1 is 1.60 bits per heavy atom. The Bertz CT molecular complexity index is 186. The van der Waals surface area contributed by atoms with E-state index in [0.29, 0.717) is 0 Å². The highest BCUT2D eigenvalue weighted by molar-refractivity contribution is 7.82. The summed E-state index contributed by atoms with van der Waals surface area (Å²) in [5, 5.41) is 0. The highest BCUT2D eigenvalue weighted by Crippen LogP contribution is 2.20. The van der Waals surface area contributed by atoms with Crippen molar-refractivity contribution in [1.82, 2.24) is 0 Å². The second kappa shape index (κ2) is 2.16. The van der Waals surface area contributed by atoms with E-state index < -0.39 is 16.9 Å². The molecule has 0 radical (unpaired) electrons. The molecule has 1 saturated heterocycles. The minimum atomic E-state index is -1.41. The van der Waals surface area contributed by atoms with Gasteiger partial charge in [0.05, 0.1) is 0 Å². The van der Waals surface area contributed by atoms with E-state index in [1.807, 2.05) is 0 Å². The molecule has 0 bridgehead atoms. The summed E-state index contributed by atoms with van der Waals surface area (Å²) < 4.78 is 8.95. The first-order valence-corrected chi connectivity index (χ1v) is 3.08. The van der Waals surface area contributed by atoms with Crippen molar-refractivity contribution in [2.75, 3.05) is 6.61 Å². The fraction of sp³-hybridized carbons (Fsp3) is 0.600. The summed E-state index contributed by atoms with van der Waals surface area (Å²) in [5.74, 6) is -1.20. The number of cyclic esters (lactones) is 2. The molecule has 10 heavy (non-hydrogen) atoms. The molecule has 5 heteroatoms. The molecular weight excluding hydrogens is 156 g/mol. The quantitative estimate of drug-likeness (QED) is 0.393. The van der Waals surface area contributed by atoms with Crippen LogP contribution >= 0.6 is 12.6 Å². The predicted octanol–water partition coefficient (Wildman–Crippen LogP) is -0.268. The van der Waals surface area contributed by atoms with Gasteiger partial charge in [-0.1, -0.05) is 0 Å². The van der Waals surface area contributed by atoms with Gasteiger partial charge in [-0.3, -0.25) is 0 Å². The molecule has 1 aliphatic rings. The number of thiol groups is 1. The third-order valence-electron chi connectivity index (χ3n) is 1.01. The molecule has 56 valence electrons. The van der Waals surface area contributed by atoms with Crippen LogP contribution in [-0.4, -0.2) is 23.5 Å². The maximum atomic E-state index is 10.7. The Hall–Kier alpha value is -0.710. The van der Waals surface area contributed by atoms with Crippen LogP contribution in [0.3, 0.4) is 0 Å². The molecule has 0 N–H and O–H groups in total.